The third-order valence-corrected chi connectivity index (χ3v) is 6.51. The van der Waals surface area contributed by atoms with E-state index in [1.807, 2.05) is 30.3 Å². The maximum absolute atomic E-state index is 10.5. The van der Waals surface area contributed by atoms with Crippen LogP contribution in [0.2, 0.25) is 0 Å². The van der Waals surface area contributed by atoms with Crippen molar-refractivity contribution in [2.24, 2.45) is 0 Å². The van der Waals surface area contributed by atoms with Crippen molar-refractivity contribution in [1.82, 2.24) is 9.80 Å². The lowest BCUT2D eigenvalue weighted by molar-refractivity contribution is -0.134. The highest BCUT2D eigenvalue weighted by Crippen LogP contribution is 2.25. The summed E-state index contributed by atoms with van der Waals surface area (Å²) in [6.07, 6.45) is 1.48. The first-order valence-corrected chi connectivity index (χ1v) is 13.4. The Balaban J connectivity index is 0.000000482. The molecule has 8 heteroatoms. The number of aliphatic hydroxyl groups is 1. The maximum Gasteiger partial charge on any atom is 0.328 e. The zero-order valence-corrected chi connectivity index (χ0v) is 22.6. The summed E-state index contributed by atoms with van der Waals surface area (Å²) < 4.78 is 6.38. The Morgan fingerprint density at radius 2 is 1.18 bits per heavy atom. The van der Waals surface area contributed by atoms with Crippen LogP contribution in [0.5, 0.6) is 0 Å². The van der Waals surface area contributed by atoms with Gasteiger partial charge in [-0.1, -0.05) is 91.0 Å². The topological polar surface area (TPSA) is 111 Å². The average Bonchev–Trinajstić information content (AvgIpc) is 2.97. The predicted molar refractivity (Wildman–Crippen MR) is 154 cm³/mol. The molecule has 0 aromatic heterocycles. The standard InChI is InChI=1S/C28H34N2O2.C4H4O4/c31-27(22-24-10-4-1-5-11-24)23-30-18-16-29(17-19-30)20-21-32-28(25-12-6-2-7-13-25)26-14-8-3-9-15-26;5-3(6)1-2-4(7)8/h1-15,27-28,31H,16-23H2;1-2H,(H,5,6)(H,7,8)/b;2-1+/t27-;/m0./s1. The number of aliphatic hydroxyl groups excluding tert-OH is 1. The Kier molecular flexibility index (Phi) is 13.0. The molecule has 1 saturated heterocycles. The summed E-state index contributed by atoms with van der Waals surface area (Å²) >= 11 is 0. The quantitative estimate of drug-likeness (QED) is 0.295. The van der Waals surface area contributed by atoms with Gasteiger partial charge in [-0.15, -0.1) is 0 Å². The molecule has 212 valence electrons. The monoisotopic (exact) mass is 546 g/mol. The third kappa shape index (κ3) is 11.5. The minimum atomic E-state index is -1.26. The Hall–Kier alpha value is -3.82. The second-order valence-corrected chi connectivity index (χ2v) is 9.57. The molecule has 0 radical (unpaired) electrons. The SMILES string of the molecule is O=C(O)/C=C/C(=O)O.O[C@@H](Cc1ccccc1)CN1CCN(CCOC(c2ccccc2)c2ccccc2)CC1. The number of hydrogen-bond acceptors (Lipinski definition) is 6. The van der Waals surface area contributed by atoms with Crippen LogP contribution in [0.15, 0.2) is 103 Å². The van der Waals surface area contributed by atoms with Gasteiger partial charge in [0.25, 0.3) is 0 Å². The number of benzene rings is 3. The van der Waals surface area contributed by atoms with Crippen molar-refractivity contribution in [3.05, 3.63) is 120 Å². The van der Waals surface area contributed by atoms with Crippen molar-refractivity contribution in [2.75, 3.05) is 45.9 Å². The van der Waals surface area contributed by atoms with Crippen LogP contribution in [-0.2, 0) is 20.7 Å². The van der Waals surface area contributed by atoms with Gasteiger partial charge in [-0.2, -0.15) is 0 Å². The largest absolute Gasteiger partial charge is 0.478 e. The van der Waals surface area contributed by atoms with Gasteiger partial charge in [0.05, 0.1) is 12.7 Å². The number of carboxylic acids is 2. The molecule has 1 heterocycles. The summed E-state index contributed by atoms with van der Waals surface area (Å²) in [4.78, 5) is 23.9. The number of ether oxygens (including phenoxy) is 1. The number of β-amino-alcohol motifs (C(OH)–C–C–N with tert-alkyl or cyclic N) is 1. The van der Waals surface area contributed by atoms with Gasteiger partial charge in [-0.3, -0.25) is 9.80 Å². The van der Waals surface area contributed by atoms with E-state index >= 15 is 0 Å². The van der Waals surface area contributed by atoms with Crippen LogP contribution in [0.3, 0.4) is 0 Å². The van der Waals surface area contributed by atoms with E-state index in [4.69, 9.17) is 14.9 Å². The van der Waals surface area contributed by atoms with Gasteiger partial charge in [0.2, 0.25) is 0 Å². The van der Waals surface area contributed by atoms with Crippen LogP contribution in [0.25, 0.3) is 0 Å². The van der Waals surface area contributed by atoms with Crippen LogP contribution < -0.4 is 0 Å². The minimum Gasteiger partial charge on any atom is -0.478 e. The number of carbonyl (C=O) groups is 2. The summed E-state index contributed by atoms with van der Waals surface area (Å²) in [5.74, 6) is -2.51. The van der Waals surface area contributed by atoms with Crippen molar-refractivity contribution in [3.8, 4) is 0 Å². The van der Waals surface area contributed by atoms with Crippen molar-refractivity contribution in [1.29, 1.82) is 0 Å². The third-order valence-electron chi connectivity index (χ3n) is 6.51. The zero-order valence-electron chi connectivity index (χ0n) is 22.6. The number of rotatable bonds is 12. The van der Waals surface area contributed by atoms with E-state index in [-0.39, 0.29) is 12.2 Å². The molecular weight excluding hydrogens is 508 g/mol. The molecule has 3 aromatic rings. The first kappa shape index (κ1) is 30.7. The molecule has 1 aliphatic heterocycles. The predicted octanol–water partition coefficient (Wildman–Crippen LogP) is 3.73. The summed E-state index contributed by atoms with van der Waals surface area (Å²) in [6, 6.07) is 31.2. The van der Waals surface area contributed by atoms with E-state index in [1.54, 1.807) is 0 Å². The molecular formula is C32H38N2O6. The molecule has 0 spiro atoms. The van der Waals surface area contributed by atoms with E-state index in [1.165, 1.54) is 16.7 Å². The molecule has 1 aliphatic rings. The number of hydrogen-bond donors (Lipinski definition) is 3. The second-order valence-electron chi connectivity index (χ2n) is 9.57. The molecule has 40 heavy (non-hydrogen) atoms. The van der Waals surface area contributed by atoms with Crippen molar-refractivity contribution in [2.45, 2.75) is 18.6 Å². The Labute approximate surface area is 235 Å². The molecule has 3 aromatic carbocycles. The number of aliphatic carboxylic acids is 2. The molecule has 8 nitrogen and oxygen atoms in total. The highest BCUT2D eigenvalue weighted by atomic mass is 16.5. The van der Waals surface area contributed by atoms with Crippen LogP contribution in [0, 0.1) is 0 Å². The van der Waals surface area contributed by atoms with E-state index < -0.39 is 11.9 Å². The molecule has 3 N–H and O–H groups in total. The first-order chi connectivity index (χ1) is 19.4. The van der Waals surface area contributed by atoms with Gasteiger partial charge in [0, 0.05) is 51.4 Å². The van der Waals surface area contributed by atoms with Gasteiger partial charge in [0.1, 0.15) is 6.10 Å². The second kappa shape index (κ2) is 17.0. The number of nitrogens with zero attached hydrogens (tertiary/aromatic N) is 2. The Bertz CT molecular complexity index is 1110. The van der Waals surface area contributed by atoms with E-state index in [0.29, 0.717) is 18.8 Å². The van der Waals surface area contributed by atoms with Crippen molar-refractivity contribution in [3.63, 3.8) is 0 Å². The van der Waals surface area contributed by atoms with Gasteiger partial charge in [-0.05, 0) is 23.1 Å². The van der Waals surface area contributed by atoms with E-state index in [0.717, 1.165) is 45.7 Å². The van der Waals surface area contributed by atoms with E-state index in [2.05, 4.69) is 70.5 Å². The Morgan fingerprint density at radius 3 is 1.65 bits per heavy atom. The fraction of sp³-hybridized carbons (Fsp3) is 0.312. The van der Waals surface area contributed by atoms with E-state index in [9.17, 15) is 14.7 Å². The van der Waals surface area contributed by atoms with Crippen LogP contribution >= 0.6 is 0 Å². The fourth-order valence-corrected chi connectivity index (χ4v) is 4.53. The minimum absolute atomic E-state index is 0.0353. The lowest BCUT2D eigenvalue weighted by Gasteiger charge is -2.35. The van der Waals surface area contributed by atoms with Gasteiger partial charge >= 0.3 is 11.9 Å². The smallest absolute Gasteiger partial charge is 0.328 e. The number of piperazine rings is 1. The summed E-state index contributed by atoms with van der Waals surface area (Å²) in [6.45, 7) is 6.38. The van der Waals surface area contributed by atoms with Crippen LogP contribution in [0.4, 0.5) is 0 Å². The summed E-state index contributed by atoms with van der Waals surface area (Å²) in [5, 5.41) is 26.1. The Morgan fingerprint density at radius 1 is 0.725 bits per heavy atom. The van der Waals surface area contributed by atoms with Gasteiger partial charge in [-0.25, -0.2) is 9.59 Å². The van der Waals surface area contributed by atoms with Crippen molar-refractivity contribution >= 4 is 11.9 Å². The molecule has 1 fully saturated rings. The summed E-state index contributed by atoms with van der Waals surface area (Å²) in [5.41, 5.74) is 3.58. The fourth-order valence-electron chi connectivity index (χ4n) is 4.53. The molecule has 0 bridgehead atoms. The molecule has 0 unspecified atom stereocenters. The van der Waals surface area contributed by atoms with Gasteiger partial charge < -0.3 is 20.1 Å². The van der Waals surface area contributed by atoms with Crippen LogP contribution in [-0.4, -0.2) is 89.0 Å². The lowest BCUT2D eigenvalue weighted by Crippen LogP contribution is -2.49. The zero-order chi connectivity index (χ0) is 28.6. The normalized spacial score (nSPS) is 14.9. The van der Waals surface area contributed by atoms with Gasteiger partial charge in [0.15, 0.2) is 0 Å². The molecule has 1 atom stereocenters. The average molecular weight is 547 g/mol. The molecule has 0 saturated carbocycles. The molecule has 0 aliphatic carbocycles. The van der Waals surface area contributed by atoms with Crippen LogP contribution in [0.1, 0.15) is 22.8 Å². The molecule has 0 amide bonds. The number of carboxylic acid groups (broad SMARTS) is 2. The maximum atomic E-state index is 10.5. The molecule has 4 rings (SSSR count). The lowest BCUT2D eigenvalue weighted by atomic mass is 10.0. The highest BCUT2D eigenvalue weighted by molar-refractivity contribution is 5.89. The first-order valence-electron chi connectivity index (χ1n) is 13.4. The highest BCUT2D eigenvalue weighted by Gasteiger charge is 2.20. The van der Waals surface area contributed by atoms with Crippen molar-refractivity contribution < 1.29 is 29.6 Å². The summed E-state index contributed by atoms with van der Waals surface area (Å²) in [7, 11) is 0.